The molecule has 1 aromatic carbocycles. The fraction of sp³-hybridized carbons (Fsp3) is 0.273. The van der Waals surface area contributed by atoms with E-state index >= 15 is 0 Å². The van der Waals surface area contributed by atoms with Crippen molar-refractivity contribution in [3.05, 3.63) is 24.3 Å². The smallest absolute Gasteiger partial charge is 0.404 e. The van der Waals surface area contributed by atoms with Crippen LogP contribution in [-0.2, 0) is 9.84 Å². The Morgan fingerprint density at radius 3 is 2.75 bits per heavy atom. The van der Waals surface area contributed by atoms with Crippen LogP contribution in [0.1, 0.15) is 0 Å². The Morgan fingerprint density at radius 2 is 2.10 bits per heavy atom. The van der Waals surface area contributed by atoms with Crippen molar-refractivity contribution in [3.8, 4) is 0 Å². The number of fused-ring (bicyclic) bond motifs is 1. The molecular weight excluding hydrogens is 304 g/mol. The first-order valence-corrected chi connectivity index (χ1v) is 8.08. The van der Waals surface area contributed by atoms with Gasteiger partial charge in [0.05, 0.1) is 22.1 Å². The highest BCUT2D eigenvalue weighted by molar-refractivity contribution is 7.93. The number of sulfone groups is 1. The molecule has 1 atom stereocenters. The van der Waals surface area contributed by atoms with E-state index in [1.54, 1.807) is 24.3 Å². The van der Waals surface area contributed by atoms with Gasteiger partial charge in [-0.15, -0.1) is 11.3 Å². The molecule has 0 spiro atoms. The van der Waals surface area contributed by atoms with E-state index in [0.29, 0.717) is 5.52 Å². The molecule has 1 unspecified atom stereocenters. The van der Waals surface area contributed by atoms with Crippen LogP contribution in [0.4, 0.5) is 4.79 Å². The van der Waals surface area contributed by atoms with Crippen molar-refractivity contribution < 1.29 is 23.4 Å². The lowest BCUT2D eigenvalue weighted by atomic mass is 10.3. The van der Waals surface area contributed by atoms with Gasteiger partial charge in [0.15, 0.2) is 0 Å². The number of thiazole rings is 1. The van der Waals surface area contributed by atoms with Crippen LogP contribution in [0.3, 0.4) is 0 Å². The van der Waals surface area contributed by atoms with Gasteiger partial charge < -0.3 is 15.5 Å². The number of carboxylic acid groups (broad SMARTS) is 1. The number of aliphatic hydroxyl groups excluding tert-OH is 1. The van der Waals surface area contributed by atoms with Crippen molar-refractivity contribution in [2.24, 2.45) is 0 Å². The zero-order valence-corrected chi connectivity index (χ0v) is 11.8. The number of aromatic nitrogens is 1. The van der Waals surface area contributed by atoms with Crippen molar-refractivity contribution >= 4 is 37.5 Å². The van der Waals surface area contributed by atoms with E-state index < -0.39 is 27.8 Å². The molecule has 2 aromatic rings. The van der Waals surface area contributed by atoms with Gasteiger partial charge in [-0.25, -0.2) is 18.2 Å². The first-order chi connectivity index (χ1) is 9.38. The molecule has 20 heavy (non-hydrogen) atoms. The molecule has 3 N–H and O–H groups in total. The second-order valence-corrected chi connectivity index (χ2v) is 7.31. The molecule has 0 aliphatic heterocycles. The maximum absolute atomic E-state index is 12.1. The highest BCUT2D eigenvalue weighted by Gasteiger charge is 2.23. The highest BCUT2D eigenvalue weighted by atomic mass is 32.2. The zero-order valence-electron chi connectivity index (χ0n) is 10.2. The quantitative estimate of drug-likeness (QED) is 0.747. The number of amides is 1. The van der Waals surface area contributed by atoms with Crippen LogP contribution < -0.4 is 5.32 Å². The Morgan fingerprint density at radius 1 is 1.40 bits per heavy atom. The van der Waals surface area contributed by atoms with Crippen LogP contribution in [0.15, 0.2) is 28.6 Å². The minimum atomic E-state index is -3.74. The van der Waals surface area contributed by atoms with Gasteiger partial charge in [0.25, 0.3) is 0 Å². The summed E-state index contributed by atoms with van der Waals surface area (Å²) in [6.45, 7) is -0.348. The van der Waals surface area contributed by atoms with Gasteiger partial charge in [0.1, 0.15) is 0 Å². The predicted octanol–water partition coefficient (Wildman–Crippen LogP) is 0.698. The van der Waals surface area contributed by atoms with Crippen molar-refractivity contribution in [1.29, 1.82) is 0 Å². The van der Waals surface area contributed by atoms with Crippen LogP contribution in [0.2, 0.25) is 0 Å². The summed E-state index contributed by atoms with van der Waals surface area (Å²) >= 11 is 1.02. The fourth-order valence-electron chi connectivity index (χ4n) is 1.57. The number of nitrogens with zero attached hydrogens (tertiary/aromatic N) is 1. The third-order valence-electron chi connectivity index (χ3n) is 2.44. The van der Waals surface area contributed by atoms with Crippen molar-refractivity contribution in [2.75, 3.05) is 12.3 Å². The van der Waals surface area contributed by atoms with E-state index in [2.05, 4.69) is 4.98 Å². The molecule has 9 heteroatoms. The van der Waals surface area contributed by atoms with Gasteiger partial charge in [0, 0.05) is 6.54 Å². The van der Waals surface area contributed by atoms with Gasteiger partial charge in [-0.1, -0.05) is 12.1 Å². The fourth-order valence-corrected chi connectivity index (χ4v) is 4.26. The Kier molecular flexibility index (Phi) is 4.21. The van der Waals surface area contributed by atoms with Crippen LogP contribution >= 0.6 is 11.3 Å². The van der Waals surface area contributed by atoms with Crippen molar-refractivity contribution in [1.82, 2.24) is 10.3 Å². The third kappa shape index (κ3) is 3.44. The number of hydrogen-bond acceptors (Lipinski definition) is 6. The average Bonchev–Trinajstić information content (AvgIpc) is 2.80. The number of para-hydroxylation sites is 1. The monoisotopic (exact) mass is 316 g/mol. The number of benzene rings is 1. The van der Waals surface area contributed by atoms with Gasteiger partial charge in [0.2, 0.25) is 14.2 Å². The van der Waals surface area contributed by atoms with Crippen molar-refractivity contribution in [3.63, 3.8) is 0 Å². The summed E-state index contributed by atoms with van der Waals surface area (Å²) in [6.07, 6.45) is -2.63. The Balaban J connectivity index is 2.15. The minimum Gasteiger partial charge on any atom is -0.465 e. The molecule has 0 radical (unpaired) electrons. The van der Waals surface area contributed by atoms with E-state index in [4.69, 9.17) is 5.11 Å². The molecule has 7 nitrogen and oxygen atoms in total. The second kappa shape index (κ2) is 5.73. The normalized spacial score (nSPS) is 13.2. The molecule has 0 aliphatic rings. The predicted molar refractivity (Wildman–Crippen MR) is 73.7 cm³/mol. The SMILES string of the molecule is O=C(O)NCC(O)CS(=O)(=O)c1nc2ccccc2s1. The summed E-state index contributed by atoms with van der Waals surface area (Å²) in [5, 5.41) is 19.9. The molecule has 108 valence electrons. The van der Waals surface area contributed by atoms with Crippen LogP contribution in [0.5, 0.6) is 0 Å². The highest BCUT2D eigenvalue weighted by Crippen LogP contribution is 2.25. The van der Waals surface area contributed by atoms with Gasteiger partial charge >= 0.3 is 6.09 Å². The van der Waals surface area contributed by atoms with Crippen molar-refractivity contribution in [2.45, 2.75) is 10.4 Å². The summed E-state index contributed by atoms with van der Waals surface area (Å²) in [4.78, 5) is 14.3. The largest absolute Gasteiger partial charge is 0.465 e. The molecule has 0 saturated carbocycles. The molecule has 2 rings (SSSR count). The lowest BCUT2D eigenvalue weighted by molar-refractivity contribution is 0.169. The zero-order chi connectivity index (χ0) is 14.8. The number of aliphatic hydroxyl groups is 1. The Bertz CT molecular complexity index is 692. The summed E-state index contributed by atoms with van der Waals surface area (Å²) < 4.78 is 24.8. The number of carbonyl (C=O) groups is 1. The molecule has 1 heterocycles. The molecule has 1 aromatic heterocycles. The molecule has 0 fully saturated rings. The minimum absolute atomic E-state index is 0.0759. The Labute approximate surface area is 118 Å². The number of rotatable bonds is 5. The lowest BCUT2D eigenvalue weighted by Crippen LogP contribution is -2.35. The summed E-state index contributed by atoms with van der Waals surface area (Å²) in [5.41, 5.74) is 0.578. The first kappa shape index (κ1) is 14.7. The van der Waals surface area contributed by atoms with Crippen LogP contribution in [0.25, 0.3) is 10.2 Å². The lowest BCUT2D eigenvalue weighted by Gasteiger charge is -2.09. The standard InChI is InChI=1S/C11H12N2O5S2/c14-7(5-12-10(15)16)6-20(17,18)11-13-8-3-1-2-4-9(8)19-11/h1-4,7,12,14H,5-6H2,(H,15,16). The summed E-state index contributed by atoms with van der Waals surface area (Å²) in [7, 11) is -3.74. The number of hydrogen-bond donors (Lipinski definition) is 3. The third-order valence-corrected chi connectivity index (χ3v) is 5.73. The molecular formula is C11H12N2O5S2. The van der Waals surface area contributed by atoms with Gasteiger partial charge in [-0.2, -0.15) is 0 Å². The topological polar surface area (TPSA) is 117 Å². The number of nitrogens with one attached hydrogen (secondary N) is 1. The Hall–Kier alpha value is -1.71. The second-order valence-electron chi connectivity index (χ2n) is 4.07. The van der Waals surface area contributed by atoms with Crippen LogP contribution in [-0.4, -0.2) is 48.1 Å². The molecule has 0 bridgehead atoms. The maximum atomic E-state index is 12.1. The summed E-state index contributed by atoms with van der Waals surface area (Å²) in [6, 6.07) is 6.99. The van der Waals surface area contributed by atoms with E-state index in [-0.39, 0.29) is 10.9 Å². The van der Waals surface area contributed by atoms with E-state index in [1.165, 1.54) is 0 Å². The molecule has 1 amide bonds. The van der Waals surface area contributed by atoms with E-state index in [1.807, 2.05) is 5.32 Å². The average molecular weight is 316 g/mol. The van der Waals surface area contributed by atoms with E-state index in [0.717, 1.165) is 16.0 Å². The maximum Gasteiger partial charge on any atom is 0.404 e. The van der Waals surface area contributed by atoms with Crippen LogP contribution in [0, 0.1) is 0 Å². The van der Waals surface area contributed by atoms with E-state index in [9.17, 15) is 18.3 Å². The first-order valence-electron chi connectivity index (χ1n) is 5.61. The summed E-state index contributed by atoms with van der Waals surface area (Å²) in [5.74, 6) is -0.576. The molecule has 0 aliphatic carbocycles. The molecule has 0 saturated heterocycles. The van der Waals surface area contributed by atoms with Gasteiger partial charge in [-0.05, 0) is 12.1 Å². The van der Waals surface area contributed by atoms with Gasteiger partial charge in [-0.3, -0.25) is 0 Å².